The van der Waals surface area contributed by atoms with Crippen molar-refractivity contribution in [2.24, 2.45) is 5.92 Å². The van der Waals surface area contributed by atoms with E-state index in [-0.39, 0.29) is 5.92 Å². The molecular formula is C11H13Cl3. The maximum atomic E-state index is 5.88. The molecule has 1 atom stereocenters. The Morgan fingerprint density at radius 3 is 2.14 bits per heavy atom. The zero-order chi connectivity index (χ0) is 10.6. The molecule has 78 valence electrons. The zero-order valence-corrected chi connectivity index (χ0v) is 10.3. The van der Waals surface area contributed by atoms with Gasteiger partial charge in [-0.15, -0.1) is 0 Å². The van der Waals surface area contributed by atoms with Gasteiger partial charge in [0.1, 0.15) is 0 Å². The maximum absolute atomic E-state index is 5.88. The molecule has 0 saturated heterocycles. The van der Waals surface area contributed by atoms with Gasteiger partial charge in [0, 0.05) is 5.92 Å². The van der Waals surface area contributed by atoms with E-state index >= 15 is 0 Å². The Bertz CT molecular complexity index is 264. The minimum atomic E-state index is -1.16. The predicted octanol–water partition coefficient (Wildman–Crippen LogP) is 4.63. The van der Waals surface area contributed by atoms with Crippen LogP contribution in [0.25, 0.3) is 0 Å². The van der Waals surface area contributed by atoms with Crippen LogP contribution in [0.4, 0.5) is 0 Å². The van der Waals surface area contributed by atoms with E-state index in [1.165, 1.54) is 5.56 Å². The van der Waals surface area contributed by atoms with E-state index in [1.54, 1.807) is 0 Å². The number of alkyl halides is 3. The lowest BCUT2D eigenvalue weighted by Crippen LogP contribution is -2.20. The molecule has 0 fully saturated rings. The summed E-state index contributed by atoms with van der Waals surface area (Å²) in [6.07, 6.45) is 1.68. The van der Waals surface area contributed by atoms with Gasteiger partial charge in [-0.1, -0.05) is 72.1 Å². The Kier molecular flexibility index (Phi) is 4.56. The second-order valence-electron chi connectivity index (χ2n) is 3.34. The lowest BCUT2D eigenvalue weighted by molar-refractivity contribution is 0.517. The largest absolute Gasteiger partial charge is 0.193 e. The summed E-state index contributed by atoms with van der Waals surface area (Å²) in [6, 6.07) is 10.1. The van der Waals surface area contributed by atoms with Crippen LogP contribution in [0.2, 0.25) is 0 Å². The molecular weight excluding hydrogens is 238 g/mol. The van der Waals surface area contributed by atoms with Gasteiger partial charge < -0.3 is 0 Å². The highest BCUT2D eigenvalue weighted by Gasteiger charge is 2.30. The van der Waals surface area contributed by atoms with Gasteiger partial charge in [0.25, 0.3) is 0 Å². The van der Waals surface area contributed by atoms with E-state index in [4.69, 9.17) is 34.8 Å². The van der Waals surface area contributed by atoms with Crippen LogP contribution in [0.3, 0.4) is 0 Å². The number of halogens is 3. The monoisotopic (exact) mass is 250 g/mol. The quantitative estimate of drug-likeness (QED) is 0.687. The van der Waals surface area contributed by atoms with Gasteiger partial charge in [0.05, 0.1) is 0 Å². The first-order chi connectivity index (χ1) is 6.54. The van der Waals surface area contributed by atoms with Gasteiger partial charge in [-0.3, -0.25) is 0 Å². The number of benzene rings is 1. The number of hydrogen-bond donors (Lipinski definition) is 0. The van der Waals surface area contributed by atoms with Gasteiger partial charge >= 0.3 is 0 Å². The summed E-state index contributed by atoms with van der Waals surface area (Å²) in [5.74, 6) is 0.0786. The third-order valence-corrected chi connectivity index (χ3v) is 3.21. The van der Waals surface area contributed by atoms with Crippen molar-refractivity contribution < 1.29 is 0 Å². The molecule has 0 spiro atoms. The predicted molar refractivity (Wildman–Crippen MR) is 64.2 cm³/mol. The molecule has 0 radical (unpaired) electrons. The smallest absolute Gasteiger partial charge is 0.0834 e. The van der Waals surface area contributed by atoms with E-state index in [9.17, 15) is 0 Å². The van der Waals surface area contributed by atoms with Gasteiger partial charge in [-0.25, -0.2) is 0 Å². The lowest BCUT2D eigenvalue weighted by atomic mass is 9.98. The second-order valence-corrected chi connectivity index (χ2v) is 5.71. The average molecular weight is 252 g/mol. The fourth-order valence-corrected chi connectivity index (χ4v) is 2.08. The summed E-state index contributed by atoms with van der Waals surface area (Å²) in [4.78, 5) is 0. The standard InChI is InChI=1S/C11H13Cl3/c1-2-10(11(12,13)14)8-9-6-4-3-5-7-9/h3-7,10H,2,8H2,1H3. The van der Waals surface area contributed by atoms with E-state index < -0.39 is 3.79 Å². The molecule has 0 bridgehead atoms. The van der Waals surface area contributed by atoms with Crippen LogP contribution in [0.1, 0.15) is 18.9 Å². The SMILES string of the molecule is CCC(Cc1ccccc1)C(Cl)(Cl)Cl. The maximum Gasteiger partial charge on any atom is 0.193 e. The van der Waals surface area contributed by atoms with Gasteiger partial charge in [-0.2, -0.15) is 0 Å². The topological polar surface area (TPSA) is 0 Å². The number of rotatable bonds is 3. The molecule has 0 aromatic heterocycles. The van der Waals surface area contributed by atoms with Crippen LogP contribution in [0.15, 0.2) is 30.3 Å². The van der Waals surface area contributed by atoms with Crippen LogP contribution in [0.5, 0.6) is 0 Å². The Morgan fingerprint density at radius 1 is 1.14 bits per heavy atom. The minimum absolute atomic E-state index is 0.0786. The highest BCUT2D eigenvalue weighted by Crippen LogP contribution is 2.38. The molecule has 1 rings (SSSR count). The first kappa shape index (κ1) is 12.2. The third kappa shape index (κ3) is 3.68. The second kappa shape index (κ2) is 5.25. The van der Waals surface area contributed by atoms with Gasteiger partial charge in [0.2, 0.25) is 0 Å². The molecule has 0 N–H and O–H groups in total. The van der Waals surface area contributed by atoms with Crippen LogP contribution >= 0.6 is 34.8 Å². The Labute approximate surface area is 100 Å². The highest BCUT2D eigenvalue weighted by atomic mass is 35.6. The molecule has 1 aromatic carbocycles. The lowest BCUT2D eigenvalue weighted by Gasteiger charge is -2.22. The van der Waals surface area contributed by atoms with Crippen molar-refractivity contribution in [2.45, 2.75) is 23.6 Å². The summed E-state index contributed by atoms with van der Waals surface area (Å²) < 4.78 is -1.16. The highest BCUT2D eigenvalue weighted by molar-refractivity contribution is 6.67. The van der Waals surface area contributed by atoms with E-state index in [1.807, 2.05) is 25.1 Å². The molecule has 0 aliphatic carbocycles. The van der Waals surface area contributed by atoms with E-state index in [0.717, 1.165) is 12.8 Å². The summed E-state index contributed by atoms with van der Waals surface area (Å²) in [5, 5.41) is 0. The Morgan fingerprint density at radius 2 is 1.71 bits per heavy atom. The van der Waals surface area contributed by atoms with E-state index in [2.05, 4.69) is 12.1 Å². The third-order valence-electron chi connectivity index (χ3n) is 2.28. The molecule has 1 unspecified atom stereocenters. The Hall–Kier alpha value is 0.0900. The molecule has 1 aromatic rings. The molecule has 0 heterocycles. The molecule has 0 saturated carbocycles. The van der Waals surface area contributed by atoms with Crippen molar-refractivity contribution in [3.05, 3.63) is 35.9 Å². The van der Waals surface area contributed by atoms with E-state index in [0.29, 0.717) is 0 Å². The summed E-state index contributed by atoms with van der Waals surface area (Å²) in [6.45, 7) is 2.04. The molecule has 0 aliphatic heterocycles. The van der Waals surface area contributed by atoms with Crippen LogP contribution in [-0.2, 0) is 6.42 Å². The Balaban J connectivity index is 2.67. The van der Waals surface area contributed by atoms with Crippen molar-refractivity contribution in [3.8, 4) is 0 Å². The van der Waals surface area contributed by atoms with Crippen LogP contribution in [0, 0.1) is 5.92 Å². The number of hydrogen-bond acceptors (Lipinski definition) is 0. The first-order valence-corrected chi connectivity index (χ1v) is 5.78. The van der Waals surface area contributed by atoms with Crippen molar-refractivity contribution in [3.63, 3.8) is 0 Å². The van der Waals surface area contributed by atoms with Crippen LogP contribution < -0.4 is 0 Å². The van der Waals surface area contributed by atoms with Crippen LogP contribution in [-0.4, -0.2) is 3.79 Å². The minimum Gasteiger partial charge on any atom is -0.0834 e. The molecule has 0 amide bonds. The summed E-state index contributed by atoms with van der Waals surface area (Å²) >= 11 is 17.6. The normalized spacial score (nSPS) is 14.0. The molecule has 14 heavy (non-hydrogen) atoms. The van der Waals surface area contributed by atoms with Crippen molar-refractivity contribution in [2.75, 3.05) is 0 Å². The fourth-order valence-electron chi connectivity index (χ4n) is 1.39. The molecule has 3 heteroatoms. The average Bonchev–Trinajstić information content (AvgIpc) is 2.14. The molecule has 0 nitrogen and oxygen atoms in total. The van der Waals surface area contributed by atoms with Crippen molar-refractivity contribution in [1.82, 2.24) is 0 Å². The molecule has 0 aliphatic rings. The first-order valence-electron chi connectivity index (χ1n) is 4.64. The zero-order valence-electron chi connectivity index (χ0n) is 8.01. The fraction of sp³-hybridized carbons (Fsp3) is 0.455. The van der Waals surface area contributed by atoms with Gasteiger partial charge in [-0.05, 0) is 18.4 Å². The van der Waals surface area contributed by atoms with Crippen molar-refractivity contribution in [1.29, 1.82) is 0 Å². The van der Waals surface area contributed by atoms with Gasteiger partial charge in [0.15, 0.2) is 3.79 Å². The summed E-state index contributed by atoms with van der Waals surface area (Å²) in [7, 11) is 0. The van der Waals surface area contributed by atoms with Crippen molar-refractivity contribution >= 4 is 34.8 Å². The summed E-state index contributed by atoms with van der Waals surface area (Å²) in [5.41, 5.74) is 1.21.